The molecule has 0 saturated carbocycles. The summed E-state index contributed by atoms with van der Waals surface area (Å²) in [5, 5.41) is 0. The van der Waals surface area contributed by atoms with Crippen LogP contribution in [0.1, 0.15) is 24.2 Å². The third kappa shape index (κ3) is 4.49. The van der Waals surface area contributed by atoms with Gasteiger partial charge in [-0.1, -0.05) is 49.0 Å². The lowest BCUT2D eigenvalue weighted by molar-refractivity contribution is -0.142. The molecule has 2 rings (SSSR count). The summed E-state index contributed by atoms with van der Waals surface area (Å²) < 4.78 is 10.9. The lowest BCUT2D eigenvalue weighted by Gasteiger charge is -2.13. The van der Waals surface area contributed by atoms with Crippen LogP contribution in [0.25, 0.3) is 0 Å². The van der Waals surface area contributed by atoms with Crippen molar-refractivity contribution >= 4 is 5.97 Å². The summed E-state index contributed by atoms with van der Waals surface area (Å²) in [5.74, 6) is 0.358. The third-order valence-corrected chi connectivity index (χ3v) is 3.06. The number of esters is 1. The second-order valence-corrected chi connectivity index (χ2v) is 4.63. The van der Waals surface area contributed by atoms with Crippen LogP contribution in [0.2, 0.25) is 0 Å². The highest BCUT2D eigenvalue weighted by Crippen LogP contribution is 2.21. The summed E-state index contributed by atoms with van der Waals surface area (Å²) >= 11 is 0. The molecule has 0 aliphatic carbocycles. The zero-order valence-corrected chi connectivity index (χ0v) is 12.0. The molecule has 21 heavy (non-hydrogen) atoms. The van der Waals surface area contributed by atoms with Gasteiger partial charge in [0.2, 0.25) is 0 Å². The maximum absolute atomic E-state index is 11.2. The molecule has 3 nitrogen and oxygen atoms in total. The number of hydrogen-bond acceptors (Lipinski definition) is 3. The van der Waals surface area contributed by atoms with E-state index < -0.39 is 5.97 Å². The van der Waals surface area contributed by atoms with Crippen LogP contribution in [0, 0.1) is 0 Å². The minimum Gasteiger partial charge on any atom is -0.489 e. The number of benzene rings is 2. The van der Waals surface area contributed by atoms with Crippen molar-refractivity contribution in [2.45, 2.75) is 19.6 Å². The third-order valence-electron chi connectivity index (χ3n) is 3.06. The van der Waals surface area contributed by atoms with E-state index in [9.17, 15) is 4.79 Å². The van der Waals surface area contributed by atoms with Gasteiger partial charge in [0.15, 0.2) is 0 Å². The topological polar surface area (TPSA) is 35.5 Å². The summed E-state index contributed by atoms with van der Waals surface area (Å²) in [6, 6.07) is 17.5. The van der Waals surface area contributed by atoms with Crippen molar-refractivity contribution in [3.63, 3.8) is 0 Å². The summed E-state index contributed by atoms with van der Waals surface area (Å²) in [6.45, 7) is 5.73. The van der Waals surface area contributed by atoms with Gasteiger partial charge in [-0.15, -0.1) is 0 Å². The lowest BCUT2D eigenvalue weighted by atomic mass is 10.1. The Morgan fingerprint density at radius 2 is 1.81 bits per heavy atom. The minimum atomic E-state index is -0.424. The summed E-state index contributed by atoms with van der Waals surface area (Å²) in [4.78, 5) is 11.2. The van der Waals surface area contributed by atoms with Crippen molar-refractivity contribution in [2.75, 3.05) is 0 Å². The molecule has 1 unspecified atom stereocenters. The molecule has 0 saturated heterocycles. The van der Waals surface area contributed by atoms with E-state index in [2.05, 4.69) is 6.58 Å². The van der Waals surface area contributed by atoms with Crippen molar-refractivity contribution in [2.24, 2.45) is 0 Å². The normalized spacial score (nSPS) is 11.5. The molecule has 2 aromatic rings. The van der Waals surface area contributed by atoms with Crippen LogP contribution in [0.3, 0.4) is 0 Å². The fraction of sp³-hybridized carbons (Fsp3) is 0.167. The van der Waals surface area contributed by atoms with Gasteiger partial charge >= 0.3 is 5.97 Å². The number of ether oxygens (including phenoxy) is 2. The molecule has 1 atom stereocenters. The van der Waals surface area contributed by atoms with E-state index in [1.54, 1.807) is 0 Å². The van der Waals surface area contributed by atoms with Crippen LogP contribution in [0.4, 0.5) is 0 Å². The maximum Gasteiger partial charge on any atom is 0.330 e. The standard InChI is InChI=1S/C18H18O3/c1-3-18(19)21-14(2)16-9-11-17(12-10-16)20-13-15-7-5-4-6-8-15/h3-12,14H,1,13H2,2H3. The van der Waals surface area contributed by atoms with Crippen molar-refractivity contribution < 1.29 is 14.3 Å². The van der Waals surface area contributed by atoms with Gasteiger partial charge in [-0.3, -0.25) is 0 Å². The Kier molecular flexibility index (Phi) is 5.16. The van der Waals surface area contributed by atoms with Crippen LogP contribution >= 0.6 is 0 Å². The van der Waals surface area contributed by atoms with Crippen molar-refractivity contribution in [3.8, 4) is 5.75 Å². The predicted octanol–water partition coefficient (Wildman–Crippen LogP) is 4.06. The number of carbonyl (C=O) groups excluding carboxylic acids is 1. The molecular formula is C18H18O3. The van der Waals surface area contributed by atoms with Crippen molar-refractivity contribution in [3.05, 3.63) is 78.4 Å². The van der Waals surface area contributed by atoms with Gasteiger partial charge in [0.25, 0.3) is 0 Å². The highest BCUT2D eigenvalue weighted by molar-refractivity contribution is 5.81. The molecule has 0 bridgehead atoms. The van der Waals surface area contributed by atoms with Gasteiger partial charge < -0.3 is 9.47 Å². The monoisotopic (exact) mass is 282 g/mol. The Morgan fingerprint density at radius 1 is 1.14 bits per heavy atom. The summed E-state index contributed by atoms with van der Waals surface area (Å²) in [6.07, 6.45) is 0.854. The molecule has 0 aliphatic rings. The first-order valence-corrected chi connectivity index (χ1v) is 6.79. The van der Waals surface area contributed by atoms with E-state index in [0.717, 1.165) is 23.0 Å². The van der Waals surface area contributed by atoms with E-state index in [4.69, 9.17) is 9.47 Å². The van der Waals surface area contributed by atoms with Gasteiger partial charge in [-0.2, -0.15) is 0 Å². The first kappa shape index (κ1) is 14.9. The molecule has 0 aromatic heterocycles. The highest BCUT2D eigenvalue weighted by atomic mass is 16.5. The molecule has 2 aromatic carbocycles. The Bertz CT molecular complexity index is 588. The van der Waals surface area contributed by atoms with E-state index >= 15 is 0 Å². The van der Waals surface area contributed by atoms with Gasteiger partial charge in [0.05, 0.1) is 0 Å². The molecule has 108 valence electrons. The van der Waals surface area contributed by atoms with Gasteiger partial charge in [-0.05, 0) is 30.2 Å². The van der Waals surface area contributed by atoms with Crippen LogP contribution in [-0.4, -0.2) is 5.97 Å². The Balaban J connectivity index is 1.92. The highest BCUT2D eigenvalue weighted by Gasteiger charge is 2.09. The molecule has 0 aliphatic heterocycles. The zero-order chi connectivity index (χ0) is 15.1. The number of hydrogen-bond donors (Lipinski definition) is 0. The Hall–Kier alpha value is -2.55. The molecule has 0 N–H and O–H groups in total. The second kappa shape index (κ2) is 7.29. The SMILES string of the molecule is C=CC(=O)OC(C)c1ccc(OCc2ccccc2)cc1. The van der Waals surface area contributed by atoms with Gasteiger partial charge in [0.1, 0.15) is 18.5 Å². The minimum absolute atomic E-state index is 0.307. The van der Waals surface area contributed by atoms with Crippen LogP contribution in [-0.2, 0) is 16.1 Å². The average molecular weight is 282 g/mol. The Morgan fingerprint density at radius 3 is 2.43 bits per heavy atom. The Labute approximate surface area is 124 Å². The van der Waals surface area contributed by atoms with Gasteiger partial charge in [0, 0.05) is 6.08 Å². The number of rotatable bonds is 6. The summed E-state index contributed by atoms with van der Waals surface area (Å²) in [7, 11) is 0. The van der Waals surface area contributed by atoms with Crippen molar-refractivity contribution in [1.82, 2.24) is 0 Å². The molecule has 0 heterocycles. The first-order chi connectivity index (χ1) is 10.2. The molecule has 0 fully saturated rings. The van der Waals surface area contributed by atoms with E-state index in [1.165, 1.54) is 0 Å². The molecule has 0 spiro atoms. The second-order valence-electron chi connectivity index (χ2n) is 4.63. The summed E-state index contributed by atoms with van der Waals surface area (Å²) in [5.41, 5.74) is 2.03. The quantitative estimate of drug-likeness (QED) is 0.592. The molecule has 0 amide bonds. The van der Waals surface area contributed by atoms with E-state index in [0.29, 0.717) is 6.61 Å². The molecule has 0 radical (unpaired) electrons. The lowest BCUT2D eigenvalue weighted by Crippen LogP contribution is -2.05. The zero-order valence-electron chi connectivity index (χ0n) is 12.0. The smallest absolute Gasteiger partial charge is 0.330 e. The fourth-order valence-electron chi connectivity index (χ4n) is 1.87. The van der Waals surface area contributed by atoms with E-state index in [1.807, 2.05) is 61.5 Å². The largest absolute Gasteiger partial charge is 0.489 e. The molecule has 3 heteroatoms. The average Bonchev–Trinajstić information content (AvgIpc) is 2.54. The van der Waals surface area contributed by atoms with Crippen LogP contribution in [0.15, 0.2) is 67.3 Å². The van der Waals surface area contributed by atoms with Crippen molar-refractivity contribution in [1.29, 1.82) is 0 Å². The predicted molar refractivity (Wildman–Crippen MR) is 81.9 cm³/mol. The van der Waals surface area contributed by atoms with Crippen LogP contribution in [0.5, 0.6) is 5.75 Å². The maximum atomic E-state index is 11.2. The van der Waals surface area contributed by atoms with Crippen LogP contribution < -0.4 is 4.74 Å². The van der Waals surface area contributed by atoms with E-state index in [-0.39, 0.29) is 6.10 Å². The number of carbonyl (C=O) groups is 1. The fourth-order valence-corrected chi connectivity index (χ4v) is 1.87. The molecular weight excluding hydrogens is 264 g/mol. The van der Waals surface area contributed by atoms with Gasteiger partial charge in [-0.25, -0.2) is 4.79 Å². The first-order valence-electron chi connectivity index (χ1n) is 6.79.